The van der Waals surface area contributed by atoms with Gasteiger partial charge in [0.15, 0.2) is 0 Å². The zero-order valence-corrected chi connectivity index (χ0v) is 64.6. The molecule has 0 radical (unpaired) electrons. The highest BCUT2D eigenvalue weighted by Gasteiger charge is 2.29. The monoisotopic (exact) mass is 1520 g/mol. The average molecular weight is 1520 g/mol. The molecular weight excluding hydrogens is 1460 g/mol. The topological polar surface area (TPSA) is 54.2 Å². The molecule has 3 aliphatic rings. The van der Waals surface area contributed by atoms with Gasteiger partial charge >= 0.3 is 0 Å². The maximum atomic E-state index is 6.28. The van der Waals surface area contributed by atoms with Gasteiger partial charge in [0, 0.05) is 81.4 Å². The number of hydrogen-bond donors (Lipinski definition) is 0. The van der Waals surface area contributed by atoms with E-state index in [1.54, 1.807) is 0 Å². The van der Waals surface area contributed by atoms with E-state index in [0.717, 1.165) is 61.0 Å². The van der Waals surface area contributed by atoms with Gasteiger partial charge in [0.05, 0.1) is 38.8 Å². The van der Waals surface area contributed by atoms with E-state index >= 15 is 0 Å². The van der Waals surface area contributed by atoms with E-state index in [1.807, 2.05) is 18.2 Å². The Balaban J connectivity index is 0.0000000955. The van der Waals surface area contributed by atoms with Gasteiger partial charge in [0.25, 0.3) is 0 Å². The smallest absolute Gasteiger partial charge is 0.136 e. The van der Waals surface area contributed by atoms with E-state index in [0.29, 0.717) is 0 Å². The number of fused-ring (bicyclic) bond motifs is 30. The second kappa shape index (κ2) is 24.8. The summed E-state index contributed by atoms with van der Waals surface area (Å²) in [6, 6.07) is 143. The first-order chi connectivity index (χ1) is 59.6. The Morgan fingerprint density at radius 2 is 0.450 bits per heavy atom. The highest BCUT2D eigenvalue weighted by Crippen LogP contribution is 2.55. The first kappa shape index (κ1) is 65.3. The summed E-state index contributed by atoms with van der Waals surface area (Å²) >= 11 is 0. The summed E-state index contributed by atoms with van der Waals surface area (Å²) in [6.07, 6.45) is 0. The van der Waals surface area contributed by atoms with Crippen LogP contribution in [0.3, 0.4) is 0 Å². The Labute approximate surface area is 686 Å². The zero-order valence-electron chi connectivity index (χ0n) is 64.6. The predicted molar refractivity (Wildman–Crippen MR) is 501 cm³/mol. The van der Waals surface area contributed by atoms with Gasteiger partial charge in [-0.2, -0.15) is 0 Å². The summed E-state index contributed by atoms with van der Waals surface area (Å²) in [5.74, 6) is 0. The Morgan fingerprint density at radius 1 is 0.142 bits per heavy atom. The maximum Gasteiger partial charge on any atom is 0.136 e. The third-order valence-electron chi connectivity index (χ3n) is 26.2. The lowest BCUT2D eigenvalue weighted by Crippen LogP contribution is -1.95. The number of hydrogen-bond acceptors (Lipinski definition) is 3. The van der Waals surface area contributed by atoms with Crippen molar-refractivity contribution in [2.75, 3.05) is 0 Å². The molecule has 26 aromatic rings. The highest BCUT2D eigenvalue weighted by atomic mass is 16.3. The van der Waals surface area contributed by atoms with Crippen LogP contribution in [0.4, 0.5) is 0 Å². The second-order valence-electron chi connectivity index (χ2n) is 32.2. The third kappa shape index (κ3) is 9.05. The fourth-order valence-electron chi connectivity index (χ4n) is 21.4. The van der Waals surface area contributed by atoms with Crippen LogP contribution in [0.5, 0.6) is 0 Å². The quantitative estimate of drug-likeness (QED) is 0.173. The van der Waals surface area contributed by atoms with Crippen LogP contribution in [0.15, 0.2) is 408 Å². The van der Waals surface area contributed by atoms with Crippen molar-refractivity contribution in [1.82, 2.24) is 13.7 Å². The van der Waals surface area contributed by atoms with Crippen LogP contribution in [0.2, 0.25) is 0 Å². The van der Waals surface area contributed by atoms with Gasteiger partial charge in [-0.25, -0.2) is 0 Å². The number of aromatic nitrogens is 3. The minimum atomic E-state index is 0.924. The predicted octanol–water partition coefficient (Wildman–Crippen LogP) is 31.8. The van der Waals surface area contributed by atoms with E-state index in [2.05, 4.69) is 390 Å². The van der Waals surface area contributed by atoms with Crippen molar-refractivity contribution >= 4 is 164 Å². The fourth-order valence-corrected chi connectivity index (χ4v) is 21.4. The zero-order chi connectivity index (χ0) is 78.1. The third-order valence-corrected chi connectivity index (χ3v) is 26.2. The van der Waals surface area contributed by atoms with Crippen molar-refractivity contribution in [3.05, 3.63) is 394 Å². The number of nitrogens with zero attached hydrogens (tertiary/aromatic N) is 3. The van der Waals surface area contributed by atoms with Crippen molar-refractivity contribution in [3.8, 4) is 106 Å². The Hall–Kier alpha value is -16.0. The molecule has 554 valence electrons. The first-order valence-electron chi connectivity index (χ1n) is 41.3. The summed E-state index contributed by atoms with van der Waals surface area (Å²) in [6.45, 7) is 0. The van der Waals surface area contributed by atoms with Crippen molar-refractivity contribution in [2.45, 2.75) is 0 Å². The molecule has 0 N–H and O–H groups in total. The molecule has 0 bridgehead atoms. The van der Waals surface area contributed by atoms with Gasteiger partial charge in [-0.05, 0) is 219 Å². The summed E-state index contributed by atoms with van der Waals surface area (Å²) in [5.41, 5.74) is 37.1. The molecular formula is C114H65N3O3. The molecule has 0 saturated heterocycles. The molecule has 0 atom stereocenters. The van der Waals surface area contributed by atoms with Crippen LogP contribution in [0, 0.1) is 0 Å². The van der Waals surface area contributed by atoms with Crippen molar-refractivity contribution in [2.24, 2.45) is 0 Å². The lowest BCUT2D eigenvalue weighted by molar-refractivity contribution is 0.669. The van der Waals surface area contributed by atoms with Gasteiger partial charge in [-0.3, -0.25) is 0 Å². The van der Waals surface area contributed by atoms with Gasteiger partial charge in [-0.15, -0.1) is 0 Å². The SMILES string of the molecule is c1cc(-c2ccc3c4c(cccc24)-c2ccccc2-3)cc(-n2c3ccccc3c3c4c(ccc32)oc2ccccc24)c1.c1ccc2c(c1)-c1cccc3c(-c4ccc(-n5c6ccccc6c6c7c(ccc65)oc5ccccc57)cc4)ccc-2c13.c1ccc2c(c1)-c1cccc3c(-n4c5ccccc5c5c6c(ccc54)oc4ccccc46)ccc-2c13. The van der Waals surface area contributed by atoms with Crippen LogP contribution in [-0.2, 0) is 0 Å². The Kier molecular flexibility index (Phi) is 13.5. The fraction of sp³-hybridized carbons (Fsp3) is 0. The standard InChI is InChI=1S/2C40H23NO.C34H19NO/c1-2-12-28-27(11-1)30-16-8-15-29-26(19-20-31(28)38(29)30)24-9-7-10-25(23-24)41-34-17-5-3-13-32(34)39-35(41)21-22-37-40(39)33-14-4-6-18-36(33)42-37;1-2-9-28-27(8-1)30-13-7-12-29-26(20-21-31(28)38(29)30)24-16-18-25(19-17-24)41-34-14-5-3-10-32(34)39-35(41)22-23-37-40(39)33-11-4-6-15-36(33)42-37;1-2-9-21-20(8-1)22-12-7-13-24-28(17-16-23(21)32(22)24)35-27-14-5-3-10-25(27)33-29(35)18-19-31-34(33)26-11-4-6-15-30(26)36-31/h2*1-23H;1-19H. The lowest BCUT2D eigenvalue weighted by Gasteiger charge is -2.13. The summed E-state index contributed by atoms with van der Waals surface area (Å²) in [5, 5.41) is 22.4. The second-order valence-corrected chi connectivity index (χ2v) is 32.2. The van der Waals surface area contributed by atoms with Gasteiger partial charge in [0.2, 0.25) is 0 Å². The Bertz CT molecular complexity index is 8910. The van der Waals surface area contributed by atoms with Crippen LogP contribution >= 0.6 is 0 Å². The summed E-state index contributed by atoms with van der Waals surface area (Å²) in [4.78, 5) is 0. The summed E-state index contributed by atoms with van der Waals surface area (Å²) in [7, 11) is 0. The number of benzene rings is 20. The average Bonchev–Trinajstić information content (AvgIpc) is 1.40. The molecule has 0 spiro atoms. The van der Waals surface area contributed by atoms with E-state index in [9.17, 15) is 0 Å². The van der Waals surface area contributed by atoms with E-state index in [1.165, 1.54) is 209 Å². The largest absolute Gasteiger partial charge is 0.456 e. The van der Waals surface area contributed by atoms with Crippen molar-refractivity contribution < 1.29 is 13.3 Å². The van der Waals surface area contributed by atoms with Gasteiger partial charge < -0.3 is 27.0 Å². The maximum absolute atomic E-state index is 6.28. The minimum Gasteiger partial charge on any atom is -0.456 e. The molecule has 3 aliphatic carbocycles. The lowest BCUT2D eigenvalue weighted by atomic mass is 9.94. The van der Waals surface area contributed by atoms with E-state index < -0.39 is 0 Å². The highest BCUT2D eigenvalue weighted by molar-refractivity contribution is 6.31. The van der Waals surface area contributed by atoms with Gasteiger partial charge in [0.1, 0.15) is 33.5 Å². The van der Waals surface area contributed by atoms with Crippen LogP contribution in [0.1, 0.15) is 0 Å². The number of rotatable bonds is 5. The molecule has 0 fully saturated rings. The number of furan rings is 3. The minimum absolute atomic E-state index is 0.924. The first-order valence-corrected chi connectivity index (χ1v) is 41.3. The molecule has 6 heterocycles. The molecule has 0 aliphatic heterocycles. The molecule has 0 amide bonds. The molecule has 0 saturated carbocycles. The molecule has 6 heteroatoms. The van der Waals surface area contributed by atoms with Crippen molar-refractivity contribution in [1.29, 1.82) is 0 Å². The number of para-hydroxylation sites is 6. The normalized spacial score (nSPS) is 12.3. The van der Waals surface area contributed by atoms with Crippen molar-refractivity contribution in [3.63, 3.8) is 0 Å². The van der Waals surface area contributed by atoms with Crippen LogP contribution in [0.25, 0.3) is 270 Å². The molecule has 6 nitrogen and oxygen atoms in total. The Morgan fingerprint density at radius 3 is 0.892 bits per heavy atom. The molecule has 0 unspecified atom stereocenters. The molecule has 29 rings (SSSR count). The van der Waals surface area contributed by atoms with E-state index in [-0.39, 0.29) is 0 Å². The molecule has 6 aromatic heterocycles. The van der Waals surface area contributed by atoms with Crippen LogP contribution in [-0.4, -0.2) is 13.7 Å². The summed E-state index contributed by atoms with van der Waals surface area (Å²) < 4.78 is 26.0. The molecule has 20 aromatic carbocycles. The van der Waals surface area contributed by atoms with Crippen LogP contribution < -0.4 is 0 Å². The van der Waals surface area contributed by atoms with E-state index in [4.69, 9.17) is 13.3 Å². The molecule has 120 heavy (non-hydrogen) atoms. The van der Waals surface area contributed by atoms with Gasteiger partial charge in [-0.1, -0.05) is 291 Å².